The highest BCUT2D eigenvalue weighted by molar-refractivity contribution is 6.01. The molecule has 0 bridgehead atoms. The second-order valence-corrected chi connectivity index (χ2v) is 9.37. The lowest BCUT2D eigenvalue weighted by Crippen LogP contribution is -2.62. The lowest BCUT2D eigenvalue weighted by atomic mass is 9.95. The third-order valence-electron chi connectivity index (χ3n) is 6.31. The van der Waals surface area contributed by atoms with Crippen LogP contribution >= 0.6 is 0 Å². The third-order valence-corrected chi connectivity index (χ3v) is 6.31. The molecule has 1 saturated heterocycles. The van der Waals surface area contributed by atoms with Gasteiger partial charge in [-0.2, -0.15) is 0 Å². The summed E-state index contributed by atoms with van der Waals surface area (Å²) in [5, 5.41) is 41.5. The van der Waals surface area contributed by atoms with Crippen LogP contribution in [-0.2, 0) is 33.3 Å². The number of rotatable bonds is 7. The van der Waals surface area contributed by atoms with Crippen molar-refractivity contribution >= 4 is 23.7 Å². The zero-order chi connectivity index (χ0) is 30.0. The molecule has 4 N–H and O–H groups in total. The summed E-state index contributed by atoms with van der Waals surface area (Å²) in [6.07, 6.45) is -8.63. The van der Waals surface area contributed by atoms with Crippen molar-refractivity contribution in [3.05, 3.63) is 41.5 Å². The molecule has 2 heterocycles. The van der Waals surface area contributed by atoms with Gasteiger partial charge >= 0.3 is 17.9 Å². The molecule has 1 fully saturated rings. The third kappa shape index (κ3) is 6.44. The van der Waals surface area contributed by atoms with Crippen LogP contribution in [-0.4, -0.2) is 81.4 Å². The van der Waals surface area contributed by atoms with E-state index in [1.54, 1.807) is 0 Å². The normalized spacial score (nSPS) is 25.3. The Labute approximate surface area is 232 Å². The van der Waals surface area contributed by atoms with Crippen LogP contribution in [0.4, 0.5) is 0 Å². The fraction of sp³-hybridized carbons (Fsp3) is 0.407. The van der Waals surface area contributed by atoms with Gasteiger partial charge < -0.3 is 48.8 Å². The van der Waals surface area contributed by atoms with Crippen LogP contribution in [0.25, 0.3) is 0 Å². The van der Waals surface area contributed by atoms with Crippen LogP contribution in [0.2, 0.25) is 0 Å². The summed E-state index contributed by atoms with van der Waals surface area (Å²) in [6, 6.07) is 6.46. The number of phenols is 3. The molecule has 0 saturated carbocycles. The van der Waals surface area contributed by atoms with Crippen molar-refractivity contribution in [3.8, 4) is 28.7 Å². The van der Waals surface area contributed by atoms with Crippen molar-refractivity contribution in [3.63, 3.8) is 0 Å². The largest absolute Gasteiger partial charge is 0.504 e. The summed E-state index contributed by atoms with van der Waals surface area (Å²) in [4.78, 5) is 47.8. The van der Waals surface area contributed by atoms with E-state index < -0.39 is 78.6 Å². The van der Waals surface area contributed by atoms with Crippen molar-refractivity contribution < 1.29 is 68.0 Å². The van der Waals surface area contributed by atoms with E-state index in [0.29, 0.717) is 5.56 Å². The first kappa shape index (κ1) is 29.4. The van der Waals surface area contributed by atoms with E-state index in [2.05, 4.69) is 0 Å². The van der Waals surface area contributed by atoms with Crippen LogP contribution < -0.4 is 9.47 Å². The Morgan fingerprint density at radius 3 is 2.24 bits per heavy atom. The molecule has 4 rings (SSSR count). The fourth-order valence-electron chi connectivity index (χ4n) is 4.48. The number of carbonyl (C=O) groups excluding carboxylic acids is 4. The molecule has 41 heavy (non-hydrogen) atoms. The van der Waals surface area contributed by atoms with Gasteiger partial charge in [0.15, 0.2) is 41.0 Å². The molecule has 14 nitrogen and oxygen atoms in total. The summed E-state index contributed by atoms with van der Waals surface area (Å²) in [5.74, 6) is -4.66. The number of hydrogen-bond acceptors (Lipinski definition) is 14. The summed E-state index contributed by atoms with van der Waals surface area (Å²) < 4.78 is 32.7. The van der Waals surface area contributed by atoms with Crippen LogP contribution in [0.1, 0.15) is 49.2 Å². The summed E-state index contributed by atoms with van der Waals surface area (Å²) in [5.41, 5.74) is 0.390. The van der Waals surface area contributed by atoms with Crippen molar-refractivity contribution in [2.24, 2.45) is 0 Å². The molecule has 0 spiro atoms. The van der Waals surface area contributed by atoms with E-state index in [1.165, 1.54) is 30.3 Å². The number of carbonyl (C=O) groups is 4. The first-order valence-corrected chi connectivity index (χ1v) is 12.4. The molecular weight excluding hydrogens is 548 g/mol. The van der Waals surface area contributed by atoms with Gasteiger partial charge in [0.2, 0.25) is 12.0 Å². The molecule has 2 aliphatic rings. The Bertz CT molecular complexity index is 1350. The molecule has 14 heteroatoms. The number of Topliss-reactive ketones (excluding diaryl/α,β-unsaturated/α-hetero) is 1. The Hall–Kier alpha value is -4.56. The van der Waals surface area contributed by atoms with Gasteiger partial charge in [-0.3, -0.25) is 19.2 Å². The van der Waals surface area contributed by atoms with E-state index in [4.69, 9.17) is 28.4 Å². The highest BCUT2D eigenvalue weighted by atomic mass is 16.7. The number of aliphatic hydroxyl groups excluding tert-OH is 1. The second kappa shape index (κ2) is 11.9. The first-order valence-electron chi connectivity index (χ1n) is 12.4. The molecule has 220 valence electrons. The minimum absolute atomic E-state index is 0.0397. The first-order chi connectivity index (χ1) is 19.3. The summed E-state index contributed by atoms with van der Waals surface area (Å²) in [7, 11) is 0. The molecule has 2 aliphatic heterocycles. The van der Waals surface area contributed by atoms with Gasteiger partial charge in [-0.1, -0.05) is 6.07 Å². The molecule has 0 unspecified atom stereocenters. The van der Waals surface area contributed by atoms with Crippen molar-refractivity contribution in [1.82, 2.24) is 0 Å². The molecule has 0 amide bonds. The van der Waals surface area contributed by atoms with E-state index in [9.17, 15) is 39.6 Å². The highest BCUT2D eigenvalue weighted by Gasteiger charge is 2.51. The maximum Gasteiger partial charge on any atom is 0.303 e. The second-order valence-electron chi connectivity index (χ2n) is 9.37. The Morgan fingerprint density at radius 1 is 0.927 bits per heavy atom. The smallest absolute Gasteiger partial charge is 0.303 e. The highest BCUT2D eigenvalue weighted by Crippen LogP contribution is 2.47. The quantitative estimate of drug-likeness (QED) is 0.209. The van der Waals surface area contributed by atoms with Crippen LogP contribution in [0.5, 0.6) is 28.7 Å². The zero-order valence-electron chi connectivity index (χ0n) is 22.1. The molecule has 0 radical (unpaired) electrons. The number of benzene rings is 2. The maximum absolute atomic E-state index is 12.8. The van der Waals surface area contributed by atoms with Crippen LogP contribution in [0, 0.1) is 0 Å². The average molecular weight is 577 g/mol. The predicted molar refractivity (Wildman–Crippen MR) is 133 cm³/mol. The Morgan fingerprint density at radius 2 is 1.61 bits per heavy atom. The monoisotopic (exact) mass is 576 g/mol. The number of fused-ring (bicyclic) bond motifs is 1. The summed E-state index contributed by atoms with van der Waals surface area (Å²) >= 11 is 0. The van der Waals surface area contributed by atoms with Gasteiger partial charge in [0, 0.05) is 20.8 Å². The van der Waals surface area contributed by atoms with Crippen molar-refractivity contribution in [2.45, 2.75) is 64.0 Å². The molecule has 6 atom stereocenters. The SMILES string of the molecule is CC(=O)OC[C@H]1O[C@@H](Oc2ccc3c(c2O)O[C@H](c2ccc(O)c(O)c2)CC3=O)[C@H](OC(C)=O)[C@@H](O)[C@@H]1OC(C)=O. The molecule has 2 aromatic rings. The van der Waals surface area contributed by atoms with Gasteiger partial charge in [0.25, 0.3) is 0 Å². The van der Waals surface area contributed by atoms with Gasteiger partial charge in [-0.25, -0.2) is 0 Å². The number of aliphatic hydroxyl groups is 1. The van der Waals surface area contributed by atoms with Crippen molar-refractivity contribution in [1.29, 1.82) is 0 Å². The van der Waals surface area contributed by atoms with E-state index in [0.717, 1.165) is 20.8 Å². The zero-order valence-corrected chi connectivity index (χ0v) is 22.1. The topological polar surface area (TPSA) is 205 Å². The standard InChI is InChI=1S/C27H28O14/c1-11(28)36-10-21-25(37-12(2)29)23(35)26(38-13(3)30)27(41-21)40-19-7-5-15-17(32)9-20(39-24(15)22(19)34)14-4-6-16(31)18(33)8-14/h4-8,20-21,23,25-27,31,33-35H,9-10H2,1-3H3/t20-,21+,23-,25+,26+,27+/m0/s1. The molecular formula is C27H28O14. The van der Waals surface area contributed by atoms with Gasteiger partial charge in [0.1, 0.15) is 24.9 Å². The number of phenolic OH excluding ortho intramolecular Hbond substituents is 3. The summed E-state index contributed by atoms with van der Waals surface area (Å²) in [6.45, 7) is 2.81. The molecule has 0 aromatic heterocycles. The van der Waals surface area contributed by atoms with Crippen LogP contribution in [0.15, 0.2) is 30.3 Å². The van der Waals surface area contributed by atoms with E-state index in [-0.39, 0.29) is 29.2 Å². The number of ketones is 1. The lowest BCUT2D eigenvalue weighted by molar-refractivity contribution is -0.285. The fourth-order valence-corrected chi connectivity index (χ4v) is 4.48. The number of ether oxygens (including phenoxy) is 6. The predicted octanol–water partition coefficient (Wildman–Crippen LogP) is 1.40. The molecule has 0 aliphatic carbocycles. The van der Waals surface area contributed by atoms with Gasteiger partial charge in [-0.15, -0.1) is 0 Å². The van der Waals surface area contributed by atoms with Gasteiger partial charge in [0.05, 0.1) is 12.0 Å². The number of aromatic hydroxyl groups is 3. The van der Waals surface area contributed by atoms with Crippen LogP contribution in [0.3, 0.4) is 0 Å². The number of esters is 3. The maximum atomic E-state index is 12.8. The average Bonchev–Trinajstić information content (AvgIpc) is 2.89. The van der Waals surface area contributed by atoms with E-state index in [1.807, 2.05) is 0 Å². The lowest BCUT2D eigenvalue weighted by Gasteiger charge is -2.42. The van der Waals surface area contributed by atoms with Gasteiger partial charge in [-0.05, 0) is 29.8 Å². The minimum atomic E-state index is -1.70. The Balaban J connectivity index is 1.65. The van der Waals surface area contributed by atoms with Crippen molar-refractivity contribution in [2.75, 3.05) is 6.61 Å². The minimum Gasteiger partial charge on any atom is -0.504 e. The van der Waals surface area contributed by atoms with E-state index >= 15 is 0 Å². The Kier molecular flexibility index (Phi) is 8.54. The molecule has 2 aromatic carbocycles. The number of hydrogen-bond donors (Lipinski definition) is 4.